The van der Waals surface area contributed by atoms with Crippen molar-refractivity contribution in [2.45, 2.75) is 37.5 Å². The van der Waals surface area contributed by atoms with E-state index in [0.29, 0.717) is 22.8 Å². The van der Waals surface area contributed by atoms with Gasteiger partial charge in [0, 0.05) is 36.5 Å². The van der Waals surface area contributed by atoms with Crippen molar-refractivity contribution >= 4 is 37.2 Å². The van der Waals surface area contributed by atoms with Crippen LogP contribution >= 0.6 is 0 Å². The molecule has 206 valence electrons. The summed E-state index contributed by atoms with van der Waals surface area (Å²) in [6.07, 6.45) is 7.35. The minimum atomic E-state index is -4.98. The predicted molar refractivity (Wildman–Crippen MR) is 150 cm³/mol. The summed E-state index contributed by atoms with van der Waals surface area (Å²) in [5, 5.41) is 10.5. The molecule has 39 heavy (non-hydrogen) atoms. The molecule has 0 spiro atoms. The molecule has 2 aromatic carbocycles. The zero-order valence-electron chi connectivity index (χ0n) is 23.8. The Balaban J connectivity index is 0.00000400. The van der Waals surface area contributed by atoms with Crippen LogP contribution in [0.15, 0.2) is 76.1 Å². The molecule has 12 heteroatoms. The molecule has 0 atom stereocenters. The maximum atomic E-state index is 12.4. The van der Waals surface area contributed by atoms with E-state index in [9.17, 15) is 31.0 Å². The van der Waals surface area contributed by atoms with Gasteiger partial charge in [0.1, 0.15) is 28.6 Å². The molecule has 1 aliphatic rings. The van der Waals surface area contributed by atoms with Crippen LogP contribution in [0.3, 0.4) is 0 Å². The summed E-state index contributed by atoms with van der Waals surface area (Å²) in [6.45, 7) is 11.3. The fourth-order valence-electron chi connectivity index (χ4n) is 4.50. The smallest absolute Gasteiger partial charge is 1.00 e. The molecule has 0 bridgehead atoms. The Morgan fingerprint density at radius 3 is 1.77 bits per heavy atom. The Hall–Kier alpha value is -2.25. The van der Waals surface area contributed by atoms with Crippen molar-refractivity contribution in [3.63, 3.8) is 0 Å². The Kier molecular flexibility index (Phi) is 11.3. The van der Waals surface area contributed by atoms with Crippen molar-refractivity contribution in [1.82, 2.24) is 0 Å². The first-order valence-corrected chi connectivity index (χ1v) is 15.1. The fourth-order valence-corrected chi connectivity index (χ4v) is 5.87. The number of benzene rings is 2. The van der Waals surface area contributed by atoms with Gasteiger partial charge in [0.05, 0.1) is 0 Å². The minimum Gasteiger partial charge on any atom is -1.00 e. The third kappa shape index (κ3) is 7.49. The summed E-state index contributed by atoms with van der Waals surface area (Å²) in [5.74, 6) is -0.855. The maximum absolute atomic E-state index is 12.4. The Bertz CT molecular complexity index is 1540. The molecule has 0 unspecified atom stereocenters. The molecule has 0 heterocycles. The number of hydrogen-bond acceptors (Lipinski definition) is 6. The van der Waals surface area contributed by atoms with E-state index in [-0.39, 0.29) is 36.5 Å². The molecule has 0 amide bonds. The standard InChI is InChI=1S/C27H32N2O7S2.Na.H/c1-5-28(6-2)21-13-9-19(10-14-21)27(20-11-15-22(16-12-20)29(7-3)8-4)23-17-24(30)26(38(34,35)36)18-25(23)37(31,32)33;;/h9-18H,5-8H2,1-4H3,(H2-,30,31,32,33,34,35,36);;/q;+1;-1/p+1. The normalized spacial score (nSPS) is 13.3. The number of phenolic OH excluding ortho intramolecular Hbond substituents is 1. The van der Waals surface area contributed by atoms with E-state index in [1.54, 1.807) is 24.3 Å². The van der Waals surface area contributed by atoms with Gasteiger partial charge in [0.25, 0.3) is 20.2 Å². The second-order valence-electron chi connectivity index (χ2n) is 8.58. The van der Waals surface area contributed by atoms with Gasteiger partial charge in [-0.15, -0.1) is 0 Å². The second-order valence-corrected chi connectivity index (χ2v) is 11.4. The molecule has 3 N–H and O–H groups in total. The van der Waals surface area contributed by atoms with Crippen LogP contribution < -0.4 is 34.5 Å². The van der Waals surface area contributed by atoms with Crippen LogP contribution in [0.25, 0.3) is 5.57 Å². The van der Waals surface area contributed by atoms with Crippen LogP contribution in [0.2, 0.25) is 0 Å². The zero-order valence-corrected chi connectivity index (χ0v) is 26.4. The SMILES string of the molecule is CCN(CC)c1ccc(C(=C2C=CC(=[N+](CC)CC)C=C2)c2cc(O)c(S(=O)(=O)O)cc2S(=O)(=O)O)cc1.[H-].[Na+]. The summed E-state index contributed by atoms with van der Waals surface area (Å²) >= 11 is 0. The van der Waals surface area contributed by atoms with E-state index in [1.807, 2.05) is 52.0 Å². The van der Waals surface area contributed by atoms with Crippen LogP contribution in [0.1, 0.15) is 40.2 Å². The van der Waals surface area contributed by atoms with E-state index < -0.39 is 35.8 Å². The summed E-state index contributed by atoms with van der Waals surface area (Å²) in [4.78, 5) is 0.346. The van der Waals surface area contributed by atoms with Crippen LogP contribution in [0, 0.1) is 0 Å². The van der Waals surface area contributed by atoms with E-state index in [0.717, 1.165) is 43.6 Å². The fraction of sp³-hybridized carbons (Fsp3) is 0.296. The number of phenols is 1. The zero-order chi connectivity index (χ0) is 28.3. The maximum Gasteiger partial charge on any atom is 1.00 e. The Labute approximate surface area is 254 Å². The van der Waals surface area contributed by atoms with Gasteiger partial charge in [0.2, 0.25) is 0 Å². The van der Waals surface area contributed by atoms with Crippen molar-refractivity contribution in [2.75, 3.05) is 31.1 Å². The molecule has 0 aromatic heterocycles. The monoisotopic (exact) mass is 585 g/mol. The number of allylic oxidation sites excluding steroid dienone is 5. The first kappa shape index (κ1) is 33.0. The Morgan fingerprint density at radius 1 is 0.821 bits per heavy atom. The van der Waals surface area contributed by atoms with Crippen LogP contribution in [-0.2, 0) is 20.2 Å². The summed E-state index contributed by atoms with van der Waals surface area (Å²) < 4.78 is 70.1. The van der Waals surface area contributed by atoms with Gasteiger partial charge < -0.3 is 11.4 Å². The average Bonchev–Trinajstić information content (AvgIpc) is 2.86. The van der Waals surface area contributed by atoms with Gasteiger partial charge >= 0.3 is 29.6 Å². The van der Waals surface area contributed by atoms with E-state index in [4.69, 9.17) is 0 Å². The Morgan fingerprint density at radius 2 is 1.33 bits per heavy atom. The van der Waals surface area contributed by atoms with E-state index in [1.165, 1.54) is 0 Å². The molecule has 0 saturated carbocycles. The molecule has 0 fully saturated rings. The predicted octanol–water partition coefficient (Wildman–Crippen LogP) is 1.27. The average molecular weight is 586 g/mol. The topological polar surface area (TPSA) is 135 Å². The molecular weight excluding hydrogens is 551 g/mol. The van der Waals surface area contributed by atoms with Crippen molar-refractivity contribution in [1.29, 1.82) is 0 Å². The van der Waals surface area contributed by atoms with Crippen molar-refractivity contribution in [3.8, 4) is 5.75 Å². The number of aromatic hydroxyl groups is 1. The molecular formula is C27H34N2NaO7S2+. The van der Waals surface area contributed by atoms with Crippen molar-refractivity contribution < 1.29 is 66.6 Å². The molecule has 2 aromatic rings. The van der Waals surface area contributed by atoms with Gasteiger partial charge in [-0.1, -0.05) is 12.1 Å². The largest absolute Gasteiger partial charge is 1.00 e. The third-order valence-corrected chi connectivity index (χ3v) is 8.23. The minimum absolute atomic E-state index is 0. The molecule has 3 rings (SSSR count). The van der Waals surface area contributed by atoms with Crippen molar-refractivity contribution in [2.24, 2.45) is 0 Å². The van der Waals surface area contributed by atoms with Gasteiger partial charge in [0.15, 0.2) is 5.71 Å². The van der Waals surface area contributed by atoms with E-state index >= 15 is 0 Å². The number of rotatable bonds is 9. The first-order chi connectivity index (χ1) is 17.8. The van der Waals surface area contributed by atoms with Crippen LogP contribution in [0.5, 0.6) is 5.75 Å². The van der Waals surface area contributed by atoms with Gasteiger partial charge in [-0.25, -0.2) is 4.58 Å². The summed E-state index contributed by atoms with van der Waals surface area (Å²) in [5.41, 5.74) is 3.26. The molecule has 0 aliphatic heterocycles. The van der Waals surface area contributed by atoms with E-state index in [2.05, 4.69) is 9.48 Å². The number of anilines is 1. The summed E-state index contributed by atoms with van der Waals surface area (Å²) in [7, 11) is -9.95. The van der Waals surface area contributed by atoms with Gasteiger partial charge in [-0.2, -0.15) is 16.8 Å². The second kappa shape index (κ2) is 13.4. The summed E-state index contributed by atoms with van der Waals surface area (Å²) in [6, 6.07) is 8.84. The molecule has 9 nitrogen and oxygen atoms in total. The molecule has 0 saturated heterocycles. The van der Waals surface area contributed by atoms with Gasteiger partial charge in [-0.3, -0.25) is 9.11 Å². The number of nitrogens with zero attached hydrogens (tertiary/aromatic N) is 2. The van der Waals surface area contributed by atoms with Crippen LogP contribution in [0.4, 0.5) is 5.69 Å². The third-order valence-electron chi connectivity index (χ3n) is 6.46. The molecule has 0 radical (unpaired) electrons. The van der Waals surface area contributed by atoms with Crippen LogP contribution in [-0.4, -0.2) is 67.5 Å². The van der Waals surface area contributed by atoms with Gasteiger partial charge in [-0.05, 0) is 80.8 Å². The first-order valence-electron chi connectivity index (χ1n) is 12.3. The quantitative estimate of drug-likeness (QED) is 0.228. The molecule has 1 aliphatic carbocycles. The van der Waals surface area contributed by atoms with Crippen molar-refractivity contribution in [3.05, 3.63) is 77.4 Å². The number of hydrogen-bond donors (Lipinski definition) is 3.